The van der Waals surface area contributed by atoms with Crippen LogP contribution in [0.5, 0.6) is 5.75 Å². The van der Waals surface area contributed by atoms with Gasteiger partial charge in [-0.05, 0) is 36.5 Å². The van der Waals surface area contributed by atoms with Crippen molar-refractivity contribution in [3.05, 3.63) is 23.3 Å². The van der Waals surface area contributed by atoms with Gasteiger partial charge in [0.2, 0.25) is 5.91 Å². The molecule has 1 aromatic carbocycles. The van der Waals surface area contributed by atoms with Crippen molar-refractivity contribution in [2.24, 2.45) is 29.4 Å². The van der Waals surface area contributed by atoms with Gasteiger partial charge in [-0.2, -0.15) is 0 Å². The second-order valence-corrected chi connectivity index (χ2v) is 8.77. The number of ether oxygens (including phenoxy) is 1. The van der Waals surface area contributed by atoms with E-state index in [4.69, 9.17) is 10.5 Å². The van der Waals surface area contributed by atoms with Gasteiger partial charge in [-0.1, -0.05) is 0 Å². The molecule has 3 N–H and O–H groups in total. The van der Waals surface area contributed by atoms with Gasteiger partial charge in [0.15, 0.2) is 34.7 Å². The number of fused-ring (bicyclic) bond motifs is 3. The number of amides is 1. The number of nitrogens with two attached hydrogens (primary N) is 1. The molecule has 31 heavy (non-hydrogen) atoms. The van der Waals surface area contributed by atoms with E-state index >= 15 is 0 Å². The molecule has 3 aliphatic carbocycles. The highest BCUT2D eigenvalue weighted by Gasteiger charge is 2.66. The predicted octanol–water partition coefficient (Wildman–Crippen LogP) is -0.304. The van der Waals surface area contributed by atoms with E-state index in [2.05, 4.69) is 0 Å². The zero-order valence-electron chi connectivity index (χ0n) is 17.5. The largest absolute Gasteiger partial charge is 0.496 e. The molecule has 0 spiro atoms. The molecule has 3 aliphatic rings. The van der Waals surface area contributed by atoms with Crippen molar-refractivity contribution in [2.45, 2.75) is 24.9 Å². The van der Waals surface area contributed by atoms with E-state index in [0.717, 1.165) is 11.3 Å². The molecular weight excluding hydrogens is 404 g/mol. The number of carbonyl (C=O) groups is 5. The summed E-state index contributed by atoms with van der Waals surface area (Å²) in [4.78, 5) is 65.7. The number of carbonyl (C=O) groups excluding carboxylic acids is 5. The first-order chi connectivity index (χ1) is 14.5. The average molecular weight is 428 g/mol. The quantitative estimate of drug-likeness (QED) is 0.624. The van der Waals surface area contributed by atoms with Crippen LogP contribution in [0.3, 0.4) is 0 Å². The second kappa shape index (κ2) is 6.98. The molecule has 0 heterocycles. The summed E-state index contributed by atoms with van der Waals surface area (Å²) in [6.07, 6.45) is 0.173. The smallest absolute Gasteiger partial charge is 0.235 e. The van der Waals surface area contributed by atoms with Gasteiger partial charge in [0.25, 0.3) is 0 Å². The van der Waals surface area contributed by atoms with Crippen LogP contribution in [-0.4, -0.2) is 61.0 Å². The molecule has 2 fully saturated rings. The molecule has 9 nitrogen and oxygen atoms in total. The molecule has 0 radical (unpaired) electrons. The Hall–Kier alpha value is -3.07. The van der Waals surface area contributed by atoms with Crippen LogP contribution in [0.1, 0.15) is 28.8 Å². The first kappa shape index (κ1) is 21.2. The first-order valence-electron chi connectivity index (χ1n) is 10.1. The van der Waals surface area contributed by atoms with Crippen molar-refractivity contribution in [1.82, 2.24) is 0 Å². The SMILES string of the molecule is COc1ccc(N(C)C)c2c1C(=O)C1C(=O)C3(O)C(=O)C(C(N)=O)C(=O)CC3CC1C2. The Kier molecular flexibility index (Phi) is 4.77. The second-order valence-electron chi connectivity index (χ2n) is 8.77. The lowest BCUT2D eigenvalue weighted by Crippen LogP contribution is -2.68. The predicted molar refractivity (Wildman–Crippen MR) is 108 cm³/mol. The molecule has 1 aromatic rings. The lowest BCUT2D eigenvalue weighted by atomic mass is 9.54. The van der Waals surface area contributed by atoms with Gasteiger partial charge < -0.3 is 20.5 Å². The van der Waals surface area contributed by atoms with Crippen molar-refractivity contribution in [1.29, 1.82) is 0 Å². The Bertz CT molecular complexity index is 1050. The number of hydrogen-bond acceptors (Lipinski definition) is 8. The molecule has 0 aromatic heterocycles. The van der Waals surface area contributed by atoms with Crippen molar-refractivity contribution in [3.63, 3.8) is 0 Å². The molecule has 5 atom stereocenters. The number of ketones is 4. The Morgan fingerprint density at radius 1 is 1.16 bits per heavy atom. The molecule has 164 valence electrons. The minimum atomic E-state index is -2.58. The Labute approximate surface area is 178 Å². The third kappa shape index (κ3) is 2.76. The number of aliphatic hydroxyl groups is 1. The van der Waals surface area contributed by atoms with Crippen molar-refractivity contribution >= 4 is 34.7 Å². The third-order valence-electron chi connectivity index (χ3n) is 6.95. The summed E-state index contributed by atoms with van der Waals surface area (Å²) in [6, 6.07) is 3.47. The zero-order chi connectivity index (χ0) is 22.8. The first-order valence-corrected chi connectivity index (χ1v) is 10.1. The van der Waals surface area contributed by atoms with Gasteiger partial charge >= 0.3 is 0 Å². The Morgan fingerprint density at radius 2 is 1.84 bits per heavy atom. The van der Waals surface area contributed by atoms with E-state index in [-0.39, 0.29) is 18.4 Å². The van der Waals surface area contributed by atoms with Crippen LogP contribution < -0.4 is 15.4 Å². The molecule has 9 heteroatoms. The molecule has 0 aliphatic heterocycles. The van der Waals surface area contributed by atoms with Crippen LogP contribution >= 0.6 is 0 Å². The van der Waals surface area contributed by atoms with Crippen LogP contribution in [0.15, 0.2) is 12.1 Å². The zero-order valence-corrected chi connectivity index (χ0v) is 17.5. The number of benzene rings is 1. The topological polar surface area (TPSA) is 144 Å². The molecule has 2 saturated carbocycles. The maximum Gasteiger partial charge on any atom is 0.235 e. The standard InChI is InChI=1S/C22H24N2O7/c1-24(2)12-4-5-14(31-3)16-11(12)7-9-6-10-8-13(25)17(21(23)29)20(28)22(10,30)19(27)15(9)18(16)26/h4-5,9-10,15,17,30H,6-8H2,1-3H3,(H2,23,29). The minimum absolute atomic E-state index is 0.130. The maximum atomic E-state index is 13.5. The van der Waals surface area contributed by atoms with Gasteiger partial charge in [0.1, 0.15) is 5.75 Å². The number of anilines is 1. The Balaban J connectivity index is 1.84. The summed E-state index contributed by atoms with van der Waals surface area (Å²) >= 11 is 0. The summed E-state index contributed by atoms with van der Waals surface area (Å²) in [5.41, 5.74) is 4.41. The molecule has 5 unspecified atom stereocenters. The van der Waals surface area contributed by atoms with Gasteiger partial charge in [-0.25, -0.2) is 0 Å². The molecule has 0 saturated heterocycles. The number of methoxy groups -OCH3 is 1. The summed E-state index contributed by atoms with van der Waals surface area (Å²) in [5.74, 6) is -8.87. The fraction of sp³-hybridized carbons (Fsp3) is 0.500. The highest BCUT2D eigenvalue weighted by Crippen LogP contribution is 2.51. The number of nitrogens with zero attached hydrogens (tertiary/aromatic N) is 1. The number of Topliss-reactive ketones (excluding diaryl/α,β-unsaturated/α-hetero) is 4. The fourth-order valence-electron chi connectivity index (χ4n) is 5.53. The highest BCUT2D eigenvalue weighted by atomic mass is 16.5. The van der Waals surface area contributed by atoms with Gasteiger partial charge in [0, 0.05) is 32.1 Å². The molecule has 4 rings (SSSR count). The van der Waals surface area contributed by atoms with Crippen molar-refractivity contribution < 1.29 is 33.8 Å². The number of hydrogen-bond donors (Lipinski definition) is 2. The molecule has 1 amide bonds. The van der Waals surface area contributed by atoms with Crippen LogP contribution in [-0.2, 0) is 25.6 Å². The van der Waals surface area contributed by atoms with Gasteiger partial charge in [-0.15, -0.1) is 0 Å². The monoisotopic (exact) mass is 428 g/mol. The van der Waals surface area contributed by atoms with Crippen molar-refractivity contribution in [3.8, 4) is 5.75 Å². The highest BCUT2D eigenvalue weighted by molar-refractivity contribution is 6.31. The number of rotatable bonds is 3. The van der Waals surface area contributed by atoms with Crippen LogP contribution in [0.25, 0.3) is 0 Å². The Morgan fingerprint density at radius 3 is 2.42 bits per heavy atom. The lowest BCUT2D eigenvalue weighted by Gasteiger charge is -2.48. The van der Waals surface area contributed by atoms with Crippen molar-refractivity contribution in [2.75, 3.05) is 26.1 Å². The summed E-state index contributed by atoms with van der Waals surface area (Å²) < 4.78 is 5.36. The molecular formula is C22H24N2O7. The van der Waals surface area contributed by atoms with Crippen LogP contribution in [0.2, 0.25) is 0 Å². The average Bonchev–Trinajstić information content (AvgIpc) is 2.69. The minimum Gasteiger partial charge on any atom is -0.496 e. The van der Waals surface area contributed by atoms with E-state index in [9.17, 15) is 29.1 Å². The fourth-order valence-corrected chi connectivity index (χ4v) is 5.53. The van der Waals surface area contributed by atoms with E-state index in [0.29, 0.717) is 12.2 Å². The number of primary amides is 1. The summed E-state index contributed by atoms with van der Waals surface area (Å²) in [6.45, 7) is 0. The van der Waals surface area contributed by atoms with Crippen LogP contribution in [0, 0.1) is 23.7 Å². The molecule has 0 bridgehead atoms. The van der Waals surface area contributed by atoms with E-state index in [1.165, 1.54) is 7.11 Å². The van der Waals surface area contributed by atoms with E-state index < -0.39 is 58.3 Å². The normalized spacial score (nSPS) is 32.1. The summed E-state index contributed by atoms with van der Waals surface area (Å²) in [5, 5.41) is 11.2. The third-order valence-corrected chi connectivity index (χ3v) is 6.95. The maximum absolute atomic E-state index is 13.5. The van der Waals surface area contributed by atoms with E-state index in [1.807, 2.05) is 25.1 Å². The summed E-state index contributed by atoms with van der Waals surface area (Å²) in [7, 11) is 5.10. The van der Waals surface area contributed by atoms with Crippen LogP contribution in [0.4, 0.5) is 5.69 Å². The van der Waals surface area contributed by atoms with E-state index in [1.54, 1.807) is 6.07 Å². The van der Waals surface area contributed by atoms with Gasteiger partial charge in [-0.3, -0.25) is 24.0 Å². The van der Waals surface area contributed by atoms with Gasteiger partial charge in [0.05, 0.1) is 18.6 Å². The lowest BCUT2D eigenvalue weighted by molar-refractivity contribution is -0.175.